The summed E-state index contributed by atoms with van der Waals surface area (Å²) in [7, 11) is 0. The molecule has 120 valence electrons. The van der Waals surface area contributed by atoms with Gasteiger partial charge in [0.25, 0.3) is 5.91 Å². The molecule has 2 amide bonds. The van der Waals surface area contributed by atoms with E-state index in [1.54, 1.807) is 50.2 Å². The molecule has 2 aromatic rings. The highest BCUT2D eigenvalue weighted by atomic mass is 16.5. The number of ether oxygens (including phenoxy) is 1. The second kappa shape index (κ2) is 6.96. The molecule has 2 N–H and O–H groups in total. The fourth-order valence-electron chi connectivity index (χ4n) is 1.95. The Morgan fingerprint density at radius 1 is 0.870 bits per heavy atom. The molecule has 0 saturated heterocycles. The summed E-state index contributed by atoms with van der Waals surface area (Å²) < 4.78 is 5.74. The standard InChI is InChI=1S/C18H20N2O3/c1-13(21)19-14-9-11-15(12-10-14)20-17(22)18(2,3)23-16-7-5-4-6-8-16/h4-12H,1-3H3,(H,19,21)(H,20,22). The molecule has 0 radical (unpaired) electrons. The van der Waals surface area contributed by atoms with Gasteiger partial charge in [-0.2, -0.15) is 0 Å². The van der Waals surface area contributed by atoms with Crippen LogP contribution in [0, 0.1) is 0 Å². The van der Waals surface area contributed by atoms with Crippen molar-refractivity contribution in [3.8, 4) is 5.75 Å². The van der Waals surface area contributed by atoms with Gasteiger partial charge in [-0.1, -0.05) is 18.2 Å². The summed E-state index contributed by atoms with van der Waals surface area (Å²) in [6, 6.07) is 16.1. The summed E-state index contributed by atoms with van der Waals surface area (Å²) in [5.74, 6) is 0.237. The molecule has 2 aromatic carbocycles. The summed E-state index contributed by atoms with van der Waals surface area (Å²) >= 11 is 0. The van der Waals surface area contributed by atoms with Gasteiger partial charge in [0.05, 0.1) is 0 Å². The Morgan fingerprint density at radius 2 is 1.39 bits per heavy atom. The first-order chi connectivity index (χ1) is 10.9. The topological polar surface area (TPSA) is 67.4 Å². The molecule has 0 aliphatic carbocycles. The lowest BCUT2D eigenvalue weighted by molar-refractivity contribution is -0.128. The van der Waals surface area contributed by atoms with Crippen LogP contribution in [0.25, 0.3) is 0 Å². The van der Waals surface area contributed by atoms with Crippen LogP contribution in [0.3, 0.4) is 0 Å². The van der Waals surface area contributed by atoms with Crippen LogP contribution < -0.4 is 15.4 Å². The van der Waals surface area contributed by atoms with E-state index in [1.807, 2.05) is 18.2 Å². The summed E-state index contributed by atoms with van der Waals surface area (Å²) in [6.45, 7) is 4.86. The van der Waals surface area contributed by atoms with Gasteiger partial charge in [-0.05, 0) is 50.2 Å². The normalized spacial score (nSPS) is 10.7. The van der Waals surface area contributed by atoms with Gasteiger partial charge in [-0.3, -0.25) is 9.59 Å². The molecule has 0 aliphatic heterocycles. The number of carbonyl (C=O) groups is 2. The van der Waals surface area contributed by atoms with Crippen molar-refractivity contribution in [2.45, 2.75) is 26.4 Å². The van der Waals surface area contributed by atoms with Crippen LogP contribution in [-0.4, -0.2) is 17.4 Å². The first-order valence-electron chi connectivity index (χ1n) is 7.30. The molecular formula is C18H20N2O3. The molecule has 0 fully saturated rings. The highest BCUT2D eigenvalue weighted by Gasteiger charge is 2.30. The molecule has 0 atom stereocenters. The first-order valence-corrected chi connectivity index (χ1v) is 7.30. The Balaban J connectivity index is 2.01. The predicted octanol–water partition coefficient (Wildman–Crippen LogP) is 3.44. The maximum absolute atomic E-state index is 12.4. The molecule has 5 nitrogen and oxygen atoms in total. The molecule has 0 saturated carbocycles. The van der Waals surface area contributed by atoms with Crippen LogP contribution >= 0.6 is 0 Å². The van der Waals surface area contributed by atoms with E-state index < -0.39 is 5.60 Å². The summed E-state index contributed by atoms with van der Waals surface area (Å²) in [4.78, 5) is 23.4. The number of para-hydroxylation sites is 1. The van der Waals surface area contributed by atoms with Crippen molar-refractivity contribution in [2.75, 3.05) is 10.6 Å². The van der Waals surface area contributed by atoms with E-state index in [1.165, 1.54) is 6.92 Å². The number of anilines is 2. The van der Waals surface area contributed by atoms with Crippen LogP contribution in [0.15, 0.2) is 54.6 Å². The zero-order chi connectivity index (χ0) is 16.9. The molecule has 2 rings (SSSR count). The highest BCUT2D eigenvalue weighted by Crippen LogP contribution is 2.20. The first kappa shape index (κ1) is 16.5. The lowest BCUT2D eigenvalue weighted by Gasteiger charge is -2.25. The molecule has 0 spiro atoms. The molecule has 0 aromatic heterocycles. The Kier molecular flexibility index (Phi) is 5.01. The Bertz CT molecular complexity index is 679. The molecule has 5 heteroatoms. The SMILES string of the molecule is CC(=O)Nc1ccc(NC(=O)C(C)(C)Oc2ccccc2)cc1. The van der Waals surface area contributed by atoms with E-state index in [-0.39, 0.29) is 11.8 Å². The molecule has 0 heterocycles. The van der Waals surface area contributed by atoms with Crippen LogP contribution in [0.2, 0.25) is 0 Å². The van der Waals surface area contributed by atoms with Gasteiger partial charge in [0, 0.05) is 18.3 Å². The highest BCUT2D eigenvalue weighted by molar-refractivity contribution is 5.97. The molecule has 0 aliphatic rings. The van der Waals surface area contributed by atoms with E-state index >= 15 is 0 Å². The third-order valence-electron chi connectivity index (χ3n) is 3.13. The third kappa shape index (κ3) is 4.85. The molecular weight excluding hydrogens is 292 g/mol. The zero-order valence-electron chi connectivity index (χ0n) is 13.4. The fourth-order valence-corrected chi connectivity index (χ4v) is 1.95. The lowest BCUT2D eigenvalue weighted by Crippen LogP contribution is -2.42. The van der Waals surface area contributed by atoms with Crippen LogP contribution in [-0.2, 0) is 9.59 Å². The van der Waals surface area contributed by atoms with Gasteiger partial charge >= 0.3 is 0 Å². The van der Waals surface area contributed by atoms with Crippen molar-refractivity contribution in [3.63, 3.8) is 0 Å². The summed E-state index contributed by atoms with van der Waals surface area (Å²) in [6.07, 6.45) is 0. The van der Waals surface area contributed by atoms with Crippen LogP contribution in [0.5, 0.6) is 5.75 Å². The molecule has 0 bridgehead atoms. The van der Waals surface area contributed by atoms with Crippen molar-refractivity contribution < 1.29 is 14.3 Å². The van der Waals surface area contributed by atoms with E-state index in [9.17, 15) is 9.59 Å². The van der Waals surface area contributed by atoms with Gasteiger partial charge < -0.3 is 15.4 Å². The fraction of sp³-hybridized carbons (Fsp3) is 0.222. The largest absolute Gasteiger partial charge is 0.478 e. The number of hydrogen-bond donors (Lipinski definition) is 2. The van der Waals surface area contributed by atoms with E-state index in [4.69, 9.17) is 4.74 Å². The summed E-state index contributed by atoms with van der Waals surface area (Å²) in [5, 5.41) is 5.48. The van der Waals surface area contributed by atoms with Gasteiger partial charge in [0.1, 0.15) is 5.75 Å². The van der Waals surface area contributed by atoms with E-state index in [0.717, 1.165) is 0 Å². The van der Waals surface area contributed by atoms with E-state index in [0.29, 0.717) is 17.1 Å². The number of amides is 2. The van der Waals surface area contributed by atoms with Crippen molar-refractivity contribution in [1.29, 1.82) is 0 Å². The minimum absolute atomic E-state index is 0.140. The average Bonchev–Trinajstić information content (AvgIpc) is 2.49. The van der Waals surface area contributed by atoms with Crippen LogP contribution in [0.1, 0.15) is 20.8 Å². The maximum Gasteiger partial charge on any atom is 0.267 e. The van der Waals surface area contributed by atoms with Gasteiger partial charge in [-0.15, -0.1) is 0 Å². The Labute approximate surface area is 135 Å². The van der Waals surface area contributed by atoms with Crippen molar-refractivity contribution in [1.82, 2.24) is 0 Å². The molecule has 0 unspecified atom stereocenters. The van der Waals surface area contributed by atoms with Crippen molar-refractivity contribution >= 4 is 23.2 Å². The van der Waals surface area contributed by atoms with Gasteiger partial charge in [-0.25, -0.2) is 0 Å². The Morgan fingerprint density at radius 3 is 1.91 bits per heavy atom. The van der Waals surface area contributed by atoms with Crippen LogP contribution in [0.4, 0.5) is 11.4 Å². The Hall–Kier alpha value is -2.82. The van der Waals surface area contributed by atoms with Crippen molar-refractivity contribution in [3.05, 3.63) is 54.6 Å². The molecule has 23 heavy (non-hydrogen) atoms. The van der Waals surface area contributed by atoms with Crippen molar-refractivity contribution in [2.24, 2.45) is 0 Å². The zero-order valence-corrected chi connectivity index (χ0v) is 13.4. The number of nitrogens with one attached hydrogen (secondary N) is 2. The van der Waals surface area contributed by atoms with Gasteiger partial charge in [0.15, 0.2) is 5.60 Å². The van der Waals surface area contributed by atoms with E-state index in [2.05, 4.69) is 10.6 Å². The average molecular weight is 312 g/mol. The third-order valence-corrected chi connectivity index (χ3v) is 3.13. The summed E-state index contributed by atoms with van der Waals surface area (Å²) in [5.41, 5.74) is 0.293. The minimum Gasteiger partial charge on any atom is -0.478 e. The quantitative estimate of drug-likeness (QED) is 0.888. The smallest absolute Gasteiger partial charge is 0.267 e. The lowest BCUT2D eigenvalue weighted by atomic mass is 10.1. The second-order valence-electron chi connectivity index (χ2n) is 5.64. The maximum atomic E-state index is 12.4. The number of carbonyl (C=O) groups excluding carboxylic acids is 2. The van der Waals surface area contributed by atoms with Gasteiger partial charge in [0.2, 0.25) is 5.91 Å². The predicted molar refractivity (Wildman–Crippen MR) is 90.5 cm³/mol. The monoisotopic (exact) mass is 312 g/mol. The minimum atomic E-state index is -1.02. The number of hydrogen-bond acceptors (Lipinski definition) is 3. The second-order valence-corrected chi connectivity index (χ2v) is 5.64. The number of rotatable bonds is 5. The number of benzene rings is 2.